The van der Waals surface area contributed by atoms with Gasteiger partial charge in [0.05, 0.1) is 13.2 Å². The minimum atomic E-state index is -0.291. The third-order valence-corrected chi connectivity index (χ3v) is 7.31. The first kappa shape index (κ1) is 27.1. The summed E-state index contributed by atoms with van der Waals surface area (Å²) in [5.41, 5.74) is 4.25. The second-order valence-electron chi connectivity index (χ2n) is 10.5. The molecule has 0 aliphatic carbocycles. The number of H-pyrrole nitrogens is 1. The predicted octanol–water partition coefficient (Wildman–Crippen LogP) is 6.79. The summed E-state index contributed by atoms with van der Waals surface area (Å²) in [7, 11) is 0. The lowest BCUT2D eigenvalue weighted by molar-refractivity contribution is 0.0797. The van der Waals surface area contributed by atoms with Gasteiger partial charge in [0.25, 0.3) is 0 Å². The zero-order chi connectivity index (χ0) is 27.2. The van der Waals surface area contributed by atoms with E-state index in [1.807, 2.05) is 53.8 Å². The molecular formula is C30H36ClN5O3. The number of benzene rings is 2. The van der Waals surface area contributed by atoms with Crippen LogP contribution in [0.5, 0.6) is 5.75 Å². The van der Waals surface area contributed by atoms with Gasteiger partial charge in [-0.2, -0.15) is 5.10 Å². The maximum Gasteiger partial charge on any atom is 0.410 e. The van der Waals surface area contributed by atoms with Gasteiger partial charge >= 0.3 is 6.09 Å². The smallest absolute Gasteiger partial charge is 0.410 e. The highest BCUT2D eigenvalue weighted by atomic mass is 35.5. The molecule has 9 heteroatoms. The molecule has 8 nitrogen and oxygen atoms in total. The number of ether oxygens (including phenoxy) is 2. The van der Waals surface area contributed by atoms with Crippen molar-refractivity contribution in [3.63, 3.8) is 0 Å². The quantitative estimate of drug-likeness (QED) is 0.208. The number of aromatic amines is 1. The van der Waals surface area contributed by atoms with Crippen molar-refractivity contribution in [2.75, 3.05) is 19.8 Å². The standard InChI is InChI=1S/C30H36ClN5O3/c1-21(2)18-39-30(37)36-15-13-25-26-17-23(31)9-12-27(26)34-28(25)29(36)22-7-10-24(11-8-22)38-16-6-4-3-5-14-35-20-32-19-33-35/h7-12,17,19-21,29,34H,3-6,13-16,18H2,1-2H3. The minimum Gasteiger partial charge on any atom is -0.494 e. The first-order valence-electron chi connectivity index (χ1n) is 13.8. The summed E-state index contributed by atoms with van der Waals surface area (Å²) in [5, 5.41) is 5.95. The number of hydrogen-bond acceptors (Lipinski definition) is 5. The molecule has 39 heavy (non-hydrogen) atoms. The lowest BCUT2D eigenvalue weighted by Gasteiger charge is -2.35. The highest BCUT2D eigenvalue weighted by Gasteiger charge is 2.35. The van der Waals surface area contributed by atoms with Gasteiger partial charge in [0.15, 0.2) is 0 Å². The summed E-state index contributed by atoms with van der Waals surface area (Å²) in [6, 6.07) is 13.7. The molecule has 2 aromatic carbocycles. The lowest BCUT2D eigenvalue weighted by atomic mass is 9.92. The van der Waals surface area contributed by atoms with E-state index >= 15 is 0 Å². The second-order valence-corrected chi connectivity index (χ2v) is 11.0. The molecule has 1 unspecified atom stereocenters. The number of aromatic nitrogens is 4. The fourth-order valence-electron chi connectivity index (χ4n) is 5.14. The summed E-state index contributed by atoms with van der Waals surface area (Å²) in [6.07, 6.45) is 8.08. The van der Waals surface area contributed by atoms with Crippen LogP contribution in [0.3, 0.4) is 0 Å². The molecule has 3 heterocycles. The Hall–Kier alpha value is -3.52. The monoisotopic (exact) mass is 549 g/mol. The first-order chi connectivity index (χ1) is 19.0. The van der Waals surface area contributed by atoms with Crippen LogP contribution in [0.1, 0.15) is 62.4 Å². The van der Waals surface area contributed by atoms with E-state index in [4.69, 9.17) is 21.1 Å². The van der Waals surface area contributed by atoms with Gasteiger partial charge in [0.2, 0.25) is 0 Å². The van der Waals surface area contributed by atoms with Gasteiger partial charge in [0.1, 0.15) is 24.4 Å². The van der Waals surface area contributed by atoms with Gasteiger partial charge in [-0.15, -0.1) is 0 Å². The third kappa shape index (κ3) is 6.56. The molecule has 1 aliphatic heterocycles. The van der Waals surface area contributed by atoms with Crippen molar-refractivity contribution in [1.29, 1.82) is 0 Å². The highest BCUT2D eigenvalue weighted by molar-refractivity contribution is 6.31. The number of halogens is 1. The number of nitrogens with one attached hydrogen (secondary N) is 1. The third-order valence-electron chi connectivity index (χ3n) is 7.08. The van der Waals surface area contributed by atoms with Crippen LogP contribution in [0, 0.1) is 5.92 Å². The van der Waals surface area contributed by atoms with E-state index in [9.17, 15) is 4.79 Å². The molecule has 1 atom stereocenters. The van der Waals surface area contributed by atoms with Crippen LogP contribution in [-0.2, 0) is 17.7 Å². The van der Waals surface area contributed by atoms with Crippen LogP contribution in [0.25, 0.3) is 10.9 Å². The van der Waals surface area contributed by atoms with E-state index in [2.05, 4.69) is 27.2 Å². The number of nitrogens with zero attached hydrogens (tertiary/aromatic N) is 4. The van der Waals surface area contributed by atoms with Gasteiger partial charge in [-0.1, -0.05) is 44.0 Å². The Balaban J connectivity index is 1.25. The number of rotatable bonds is 11. The molecule has 0 radical (unpaired) electrons. The van der Waals surface area contributed by atoms with E-state index in [0.29, 0.717) is 24.8 Å². The molecular weight excluding hydrogens is 514 g/mol. The highest BCUT2D eigenvalue weighted by Crippen LogP contribution is 2.39. The van der Waals surface area contributed by atoms with Crippen molar-refractivity contribution in [2.24, 2.45) is 5.92 Å². The Bertz CT molecular complexity index is 1370. The molecule has 1 aliphatic rings. The van der Waals surface area contributed by atoms with Crippen molar-refractivity contribution >= 4 is 28.6 Å². The van der Waals surface area contributed by atoms with Crippen molar-refractivity contribution in [3.05, 3.63) is 77.0 Å². The summed E-state index contributed by atoms with van der Waals surface area (Å²) >= 11 is 6.32. The zero-order valence-corrected chi connectivity index (χ0v) is 23.4. The Kier molecular flexibility index (Phi) is 8.71. The van der Waals surface area contributed by atoms with Crippen molar-refractivity contribution in [1.82, 2.24) is 24.6 Å². The summed E-state index contributed by atoms with van der Waals surface area (Å²) < 4.78 is 13.5. The van der Waals surface area contributed by atoms with Crippen LogP contribution < -0.4 is 4.74 Å². The molecule has 5 rings (SSSR count). The van der Waals surface area contributed by atoms with Crippen LogP contribution >= 0.6 is 11.6 Å². The molecule has 1 amide bonds. The van der Waals surface area contributed by atoms with Gasteiger partial charge in [-0.3, -0.25) is 9.58 Å². The fraction of sp³-hybridized carbons (Fsp3) is 0.433. The number of aryl methyl sites for hydroxylation is 1. The van der Waals surface area contributed by atoms with Crippen LogP contribution in [0.4, 0.5) is 4.79 Å². The SMILES string of the molecule is CC(C)COC(=O)N1CCc2c([nH]c3ccc(Cl)cc23)C1c1ccc(OCCCCCCn2cncn2)cc1. The van der Waals surface area contributed by atoms with E-state index in [1.54, 1.807) is 12.7 Å². The normalized spacial score (nSPS) is 15.1. The number of hydrogen-bond donors (Lipinski definition) is 1. The first-order valence-corrected chi connectivity index (χ1v) is 14.2. The molecule has 1 N–H and O–H groups in total. The Morgan fingerprint density at radius 1 is 1.13 bits per heavy atom. The molecule has 0 saturated carbocycles. The predicted molar refractivity (Wildman–Crippen MR) is 152 cm³/mol. The minimum absolute atomic E-state index is 0.271. The van der Waals surface area contributed by atoms with Gasteiger partial charge in [0, 0.05) is 34.7 Å². The Labute approximate surface area is 234 Å². The fourth-order valence-corrected chi connectivity index (χ4v) is 5.31. The molecule has 4 aromatic rings. The molecule has 2 aromatic heterocycles. The number of carbonyl (C=O) groups is 1. The molecule has 0 fully saturated rings. The number of amides is 1. The summed E-state index contributed by atoms with van der Waals surface area (Å²) in [4.78, 5) is 22.6. The van der Waals surface area contributed by atoms with Crippen LogP contribution in [-0.4, -0.2) is 50.5 Å². The maximum atomic E-state index is 13.2. The Morgan fingerprint density at radius 2 is 1.95 bits per heavy atom. The summed E-state index contributed by atoms with van der Waals surface area (Å²) in [5.74, 6) is 1.10. The molecule has 0 bridgehead atoms. The van der Waals surface area contributed by atoms with Gasteiger partial charge < -0.3 is 14.5 Å². The topological polar surface area (TPSA) is 85.3 Å². The zero-order valence-electron chi connectivity index (χ0n) is 22.6. The molecule has 0 spiro atoms. The van der Waals surface area contributed by atoms with E-state index < -0.39 is 0 Å². The van der Waals surface area contributed by atoms with Gasteiger partial charge in [-0.25, -0.2) is 9.78 Å². The average molecular weight is 550 g/mol. The number of unbranched alkanes of at least 4 members (excludes halogenated alkanes) is 3. The van der Waals surface area contributed by atoms with E-state index in [1.165, 1.54) is 5.56 Å². The number of fused-ring (bicyclic) bond motifs is 3. The molecule has 206 valence electrons. The summed E-state index contributed by atoms with van der Waals surface area (Å²) in [6.45, 7) is 6.62. The Morgan fingerprint density at radius 3 is 2.72 bits per heavy atom. The average Bonchev–Trinajstić information content (AvgIpc) is 3.59. The van der Waals surface area contributed by atoms with E-state index in [0.717, 1.165) is 66.6 Å². The van der Waals surface area contributed by atoms with Crippen LogP contribution in [0.15, 0.2) is 55.1 Å². The van der Waals surface area contributed by atoms with E-state index in [-0.39, 0.29) is 18.1 Å². The van der Waals surface area contributed by atoms with Crippen LogP contribution in [0.2, 0.25) is 5.02 Å². The van der Waals surface area contributed by atoms with Crippen molar-refractivity contribution in [2.45, 2.75) is 58.5 Å². The molecule has 0 saturated heterocycles. The maximum absolute atomic E-state index is 13.2. The lowest BCUT2D eigenvalue weighted by Crippen LogP contribution is -2.41. The van der Waals surface area contributed by atoms with Gasteiger partial charge in [-0.05, 0) is 73.1 Å². The number of carbonyl (C=O) groups excluding carboxylic acids is 1. The second kappa shape index (κ2) is 12.6. The van der Waals surface area contributed by atoms with Crippen molar-refractivity contribution in [3.8, 4) is 5.75 Å². The van der Waals surface area contributed by atoms with Crippen molar-refractivity contribution < 1.29 is 14.3 Å². The largest absolute Gasteiger partial charge is 0.494 e.